The first-order valence-corrected chi connectivity index (χ1v) is 4.19. The van der Waals surface area contributed by atoms with E-state index < -0.39 is 0 Å². The van der Waals surface area contributed by atoms with Crippen molar-refractivity contribution < 1.29 is 4.79 Å². The number of fused-ring (bicyclic) bond motifs is 1. The molecule has 0 bridgehead atoms. The fourth-order valence-electron chi connectivity index (χ4n) is 1.52. The number of rotatable bonds is 1. The van der Waals surface area contributed by atoms with Crippen LogP contribution in [-0.2, 0) is 6.42 Å². The number of carbonyl (C=O) groups excluding carboxylic acids is 1. The van der Waals surface area contributed by atoms with Gasteiger partial charge in [-0.25, -0.2) is 0 Å². The van der Waals surface area contributed by atoms with Crippen molar-refractivity contribution in [2.45, 2.75) is 6.42 Å². The minimum Gasteiger partial charge on any atom is -0.352 e. The van der Waals surface area contributed by atoms with Crippen LogP contribution in [0.4, 0.5) is 5.69 Å². The van der Waals surface area contributed by atoms with E-state index in [2.05, 4.69) is 10.7 Å². The Morgan fingerprint density at radius 1 is 1.46 bits per heavy atom. The van der Waals surface area contributed by atoms with Crippen LogP contribution >= 0.6 is 0 Å². The lowest BCUT2D eigenvalue weighted by atomic mass is 10.00. The number of nitrogens with two attached hydrogens (primary N) is 1. The number of benzene rings is 1. The fourth-order valence-corrected chi connectivity index (χ4v) is 1.52. The van der Waals surface area contributed by atoms with Crippen molar-refractivity contribution in [3.63, 3.8) is 0 Å². The molecule has 1 aliphatic rings. The third kappa shape index (κ3) is 1.36. The SMILES string of the molecule is NNc1ccc2c(c1)CCNC2=O. The molecule has 1 aliphatic heterocycles. The van der Waals surface area contributed by atoms with E-state index in [-0.39, 0.29) is 5.91 Å². The second-order valence-corrected chi connectivity index (χ2v) is 3.02. The molecule has 0 radical (unpaired) electrons. The maximum atomic E-state index is 11.3. The molecule has 68 valence electrons. The number of carbonyl (C=O) groups is 1. The monoisotopic (exact) mass is 177 g/mol. The van der Waals surface area contributed by atoms with Gasteiger partial charge in [0, 0.05) is 17.8 Å². The van der Waals surface area contributed by atoms with Crippen LogP contribution in [0.1, 0.15) is 15.9 Å². The summed E-state index contributed by atoms with van der Waals surface area (Å²) in [5.41, 5.74) is 5.21. The lowest BCUT2D eigenvalue weighted by Crippen LogP contribution is -2.31. The first-order valence-electron chi connectivity index (χ1n) is 4.19. The number of hydrogen-bond donors (Lipinski definition) is 3. The summed E-state index contributed by atoms with van der Waals surface area (Å²) in [6.07, 6.45) is 0.872. The van der Waals surface area contributed by atoms with E-state index in [1.165, 1.54) is 0 Å². The minimum atomic E-state index is 0.00446. The smallest absolute Gasteiger partial charge is 0.251 e. The molecule has 2 rings (SSSR count). The minimum absolute atomic E-state index is 0.00446. The normalized spacial score (nSPS) is 14.7. The molecule has 4 N–H and O–H groups in total. The van der Waals surface area contributed by atoms with Crippen LogP contribution in [0.15, 0.2) is 18.2 Å². The van der Waals surface area contributed by atoms with E-state index in [1.807, 2.05) is 6.07 Å². The summed E-state index contributed by atoms with van der Waals surface area (Å²) in [7, 11) is 0. The Bertz CT molecular complexity index is 349. The van der Waals surface area contributed by atoms with Gasteiger partial charge in [0.05, 0.1) is 0 Å². The fraction of sp³-hybridized carbons (Fsp3) is 0.222. The summed E-state index contributed by atoms with van der Waals surface area (Å²) in [5, 5.41) is 2.79. The molecular weight excluding hydrogens is 166 g/mol. The molecule has 1 aromatic rings. The predicted molar refractivity (Wildman–Crippen MR) is 50.3 cm³/mol. The molecule has 0 aromatic heterocycles. The first kappa shape index (κ1) is 8.07. The van der Waals surface area contributed by atoms with Crippen molar-refractivity contribution in [3.05, 3.63) is 29.3 Å². The van der Waals surface area contributed by atoms with Gasteiger partial charge < -0.3 is 10.7 Å². The van der Waals surface area contributed by atoms with Crippen molar-refractivity contribution in [2.75, 3.05) is 12.0 Å². The molecule has 0 spiro atoms. The molecule has 1 amide bonds. The van der Waals surface area contributed by atoms with Crippen molar-refractivity contribution in [3.8, 4) is 0 Å². The Morgan fingerprint density at radius 2 is 2.31 bits per heavy atom. The van der Waals surface area contributed by atoms with Gasteiger partial charge in [0.2, 0.25) is 0 Å². The van der Waals surface area contributed by atoms with Crippen LogP contribution in [0, 0.1) is 0 Å². The van der Waals surface area contributed by atoms with Crippen LogP contribution in [-0.4, -0.2) is 12.5 Å². The Morgan fingerprint density at radius 3 is 3.08 bits per heavy atom. The zero-order valence-electron chi connectivity index (χ0n) is 7.13. The second kappa shape index (κ2) is 3.06. The van der Waals surface area contributed by atoms with E-state index in [9.17, 15) is 4.79 Å². The van der Waals surface area contributed by atoms with Gasteiger partial charge in [-0.15, -0.1) is 0 Å². The maximum Gasteiger partial charge on any atom is 0.251 e. The summed E-state index contributed by atoms with van der Waals surface area (Å²) in [4.78, 5) is 11.3. The van der Waals surface area contributed by atoms with E-state index >= 15 is 0 Å². The Labute approximate surface area is 76.1 Å². The topological polar surface area (TPSA) is 67.2 Å². The van der Waals surface area contributed by atoms with E-state index in [1.54, 1.807) is 12.1 Å². The van der Waals surface area contributed by atoms with E-state index in [0.29, 0.717) is 6.54 Å². The number of amides is 1. The quantitative estimate of drug-likeness (QED) is 0.425. The molecule has 0 aliphatic carbocycles. The number of hydrogen-bond acceptors (Lipinski definition) is 3. The largest absolute Gasteiger partial charge is 0.352 e. The Kier molecular flexibility index (Phi) is 1.90. The molecule has 0 saturated heterocycles. The number of nitrogen functional groups attached to an aromatic ring is 1. The highest BCUT2D eigenvalue weighted by Crippen LogP contribution is 2.17. The second-order valence-electron chi connectivity index (χ2n) is 3.02. The summed E-state index contributed by atoms with van der Waals surface area (Å²) in [6, 6.07) is 5.50. The summed E-state index contributed by atoms with van der Waals surface area (Å²) in [6.45, 7) is 0.708. The first-order chi connectivity index (χ1) is 6.31. The third-order valence-corrected chi connectivity index (χ3v) is 2.20. The number of anilines is 1. The van der Waals surface area contributed by atoms with Crippen LogP contribution in [0.25, 0.3) is 0 Å². The molecular formula is C9H11N3O. The lowest BCUT2D eigenvalue weighted by molar-refractivity contribution is 0.0946. The highest BCUT2D eigenvalue weighted by molar-refractivity contribution is 5.97. The van der Waals surface area contributed by atoms with Gasteiger partial charge in [0.25, 0.3) is 5.91 Å². The van der Waals surface area contributed by atoms with Crippen molar-refractivity contribution in [1.29, 1.82) is 0 Å². The van der Waals surface area contributed by atoms with Crippen molar-refractivity contribution in [1.82, 2.24) is 5.32 Å². The Balaban J connectivity index is 2.45. The summed E-state index contributed by atoms with van der Waals surface area (Å²) in [5.74, 6) is 5.27. The Hall–Kier alpha value is -1.55. The summed E-state index contributed by atoms with van der Waals surface area (Å²) >= 11 is 0. The average Bonchev–Trinajstić information content (AvgIpc) is 2.18. The van der Waals surface area contributed by atoms with E-state index in [0.717, 1.165) is 23.2 Å². The highest BCUT2D eigenvalue weighted by Gasteiger charge is 2.15. The zero-order chi connectivity index (χ0) is 9.26. The molecule has 1 aromatic carbocycles. The predicted octanol–water partition coefficient (Wildman–Crippen LogP) is 0.258. The number of nitrogens with one attached hydrogen (secondary N) is 2. The molecule has 0 unspecified atom stereocenters. The molecule has 13 heavy (non-hydrogen) atoms. The van der Waals surface area contributed by atoms with Crippen LogP contribution < -0.4 is 16.6 Å². The van der Waals surface area contributed by atoms with Crippen LogP contribution in [0.5, 0.6) is 0 Å². The summed E-state index contributed by atoms with van der Waals surface area (Å²) < 4.78 is 0. The maximum absolute atomic E-state index is 11.3. The lowest BCUT2D eigenvalue weighted by Gasteiger charge is -2.16. The average molecular weight is 177 g/mol. The van der Waals surface area contributed by atoms with Gasteiger partial charge in [-0.1, -0.05) is 0 Å². The zero-order valence-corrected chi connectivity index (χ0v) is 7.13. The third-order valence-electron chi connectivity index (χ3n) is 2.20. The van der Waals surface area contributed by atoms with E-state index in [4.69, 9.17) is 5.84 Å². The van der Waals surface area contributed by atoms with Crippen LogP contribution in [0.3, 0.4) is 0 Å². The molecule has 0 atom stereocenters. The highest BCUT2D eigenvalue weighted by atomic mass is 16.1. The van der Waals surface area contributed by atoms with Gasteiger partial charge in [-0.3, -0.25) is 10.6 Å². The molecule has 1 heterocycles. The standard InChI is InChI=1S/C9H11N3O/c10-12-7-1-2-8-6(5-7)3-4-11-9(8)13/h1-2,5,12H,3-4,10H2,(H,11,13). The van der Waals surface area contributed by atoms with Gasteiger partial charge in [-0.05, 0) is 30.2 Å². The molecule has 4 nitrogen and oxygen atoms in total. The van der Waals surface area contributed by atoms with Gasteiger partial charge >= 0.3 is 0 Å². The van der Waals surface area contributed by atoms with Crippen LogP contribution in [0.2, 0.25) is 0 Å². The van der Waals surface area contributed by atoms with Gasteiger partial charge in [0.15, 0.2) is 0 Å². The van der Waals surface area contributed by atoms with Crippen molar-refractivity contribution >= 4 is 11.6 Å². The molecule has 0 saturated carbocycles. The molecule has 0 fully saturated rings. The number of hydrazine groups is 1. The van der Waals surface area contributed by atoms with Gasteiger partial charge in [0.1, 0.15) is 0 Å². The van der Waals surface area contributed by atoms with Crippen molar-refractivity contribution in [2.24, 2.45) is 5.84 Å². The van der Waals surface area contributed by atoms with Gasteiger partial charge in [-0.2, -0.15) is 0 Å². The molecule has 4 heteroatoms.